The maximum absolute atomic E-state index is 13.9. The van der Waals surface area contributed by atoms with Crippen LogP contribution in [0, 0.1) is 11.7 Å². The van der Waals surface area contributed by atoms with E-state index in [0.717, 1.165) is 10.9 Å². The fourth-order valence-electron chi connectivity index (χ4n) is 4.56. The van der Waals surface area contributed by atoms with E-state index in [1.165, 1.54) is 21.1 Å². The molecule has 0 unspecified atom stereocenters. The first-order valence-electron chi connectivity index (χ1n) is 12.9. The van der Waals surface area contributed by atoms with E-state index in [0.29, 0.717) is 22.6 Å². The molecule has 0 atom stereocenters. The average Bonchev–Trinajstić information content (AvgIpc) is 3.36. The Kier molecular flexibility index (Phi) is 7.77. The number of carbonyl (C=O) groups is 1. The molecule has 0 radical (unpaired) electrons. The van der Waals surface area contributed by atoms with Crippen molar-refractivity contribution in [3.8, 4) is 16.9 Å². The summed E-state index contributed by atoms with van der Waals surface area (Å²) in [4.78, 5) is 13.6. The highest BCUT2D eigenvalue weighted by atomic mass is 32.2. The molecule has 1 amide bonds. The summed E-state index contributed by atoms with van der Waals surface area (Å²) in [6.07, 6.45) is 0. The molecular weight excluding hydrogens is 527 g/mol. The zero-order chi connectivity index (χ0) is 28.3. The third kappa shape index (κ3) is 5.80. The lowest BCUT2D eigenvalue weighted by atomic mass is 10.1. The number of rotatable bonds is 9. The summed E-state index contributed by atoms with van der Waals surface area (Å²) in [6.45, 7) is 3.57. The minimum atomic E-state index is -4.01. The third-order valence-corrected chi connectivity index (χ3v) is 8.24. The van der Waals surface area contributed by atoms with E-state index < -0.39 is 21.7 Å². The molecule has 1 heterocycles. The van der Waals surface area contributed by atoms with Gasteiger partial charge in [-0.05, 0) is 41.6 Å². The predicted octanol–water partition coefficient (Wildman–Crippen LogP) is 6.12. The number of fused-ring (bicyclic) bond motifs is 1. The lowest BCUT2D eigenvalue weighted by molar-refractivity contribution is -0.116. The molecule has 1 aromatic heterocycles. The van der Waals surface area contributed by atoms with Crippen molar-refractivity contribution in [1.82, 2.24) is 14.1 Å². The highest BCUT2D eigenvalue weighted by Crippen LogP contribution is 2.28. The molecule has 9 heteroatoms. The van der Waals surface area contributed by atoms with Crippen molar-refractivity contribution in [3.05, 3.63) is 109 Å². The molecule has 1 N–H and O–H groups in total. The number of sulfonamides is 1. The molecule has 0 fully saturated rings. The standard InChI is InChI=1S/C31H29FN4O3S/c1-22(2)20-35(40(38,39)29-14-8-12-23-9-6-7-13-27(23)29)21-31(37)33-30-19-28(24-10-4-3-5-11-24)34-36(30)26-17-15-25(32)16-18-26/h3-19,22H,20-21H2,1-2H3,(H,33,37). The highest BCUT2D eigenvalue weighted by Gasteiger charge is 2.29. The smallest absolute Gasteiger partial charge is 0.244 e. The maximum Gasteiger partial charge on any atom is 0.244 e. The van der Waals surface area contributed by atoms with E-state index in [4.69, 9.17) is 0 Å². The van der Waals surface area contributed by atoms with E-state index in [1.54, 1.807) is 42.5 Å². The molecule has 5 aromatic rings. The van der Waals surface area contributed by atoms with Crippen molar-refractivity contribution in [3.63, 3.8) is 0 Å². The van der Waals surface area contributed by atoms with Crippen LogP contribution in [0.2, 0.25) is 0 Å². The van der Waals surface area contributed by atoms with E-state index >= 15 is 0 Å². The quantitative estimate of drug-likeness (QED) is 0.237. The number of hydrogen-bond acceptors (Lipinski definition) is 4. The number of halogens is 1. The molecule has 5 rings (SSSR count). The number of anilines is 1. The first-order chi connectivity index (χ1) is 19.2. The molecule has 0 aliphatic heterocycles. The lowest BCUT2D eigenvalue weighted by Gasteiger charge is -2.24. The third-order valence-electron chi connectivity index (χ3n) is 6.37. The zero-order valence-corrected chi connectivity index (χ0v) is 23.0. The Bertz CT molecular complexity index is 1750. The minimum absolute atomic E-state index is 0.0213. The van der Waals surface area contributed by atoms with Gasteiger partial charge in [-0.1, -0.05) is 80.6 Å². The van der Waals surface area contributed by atoms with Gasteiger partial charge in [0.05, 0.1) is 22.8 Å². The number of carbonyl (C=O) groups excluding carboxylic acids is 1. The van der Waals surface area contributed by atoms with E-state index in [9.17, 15) is 17.6 Å². The van der Waals surface area contributed by atoms with Gasteiger partial charge in [-0.25, -0.2) is 17.5 Å². The van der Waals surface area contributed by atoms with Crippen LogP contribution in [0.4, 0.5) is 10.2 Å². The summed E-state index contributed by atoms with van der Waals surface area (Å²) in [5.74, 6) is -0.602. The largest absolute Gasteiger partial charge is 0.309 e. The van der Waals surface area contributed by atoms with Gasteiger partial charge >= 0.3 is 0 Å². The van der Waals surface area contributed by atoms with Crippen LogP contribution in [0.15, 0.2) is 108 Å². The number of nitrogens with one attached hydrogen (secondary N) is 1. The van der Waals surface area contributed by atoms with Gasteiger partial charge in [0.2, 0.25) is 15.9 Å². The van der Waals surface area contributed by atoms with Gasteiger partial charge in [0.25, 0.3) is 0 Å². The molecule has 7 nitrogen and oxygen atoms in total. The summed E-state index contributed by atoms with van der Waals surface area (Å²) in [5.41, 5.74) is 1.97. The van der Waals surface area contributed by atoms with Crippen LogP contribution in [-0.4, -0.2) is 41.5 Å². The molecule has 0 bridgehead atoms. The van der Waals surface area contributed by atoms with Crippen LogP contribution in [-0.2, 0) is 14.8 Å². The second-order valence-electron chi connectivity index (χ2n) is 9.89. The number of aromatic nitrogens is 2. The molecule has 0 saturated heterocycles. The molecular formula is C31H29FN4O3S. The zero-order valence-electron chi connectivity index (χ0n) is 22.2. The van der Waals surface area contributed by atoms with Gasteiger partial charge in [0, 0.05) is 23.6 Å². The van der Waals surface area contributed by atoms with Gasteiger partial charge in [0.1, 0.15) is 11.6 Å². The Labute approximate surface area is 232 Å². The lowest BCUT2D eigenvalue weighted by Crippen LogP contribution is -2.40. The van der Waals surface area contributed by atoms with Crippen LogP contribution in [0.5, 0.6) is 0 Å². The van der Waals surface area contributed by atoms with Gasteiger partial charge in [-0.3, -0.25) is 4.79 Å². The Hall–Kier alpha value is -4.34. The maximum atomic E-state index is 13.9. The van der Waals surface area contributed by atoms with E-state index in [1.807, 2.05) is 62.4 Å². The normalized spacial score (nSPS) is 11.8. The van der Waals surface area contributed by atoms with Crippen LogP contribution < -0.4 is 5.32 Å². The summed E-state index contributed by atoms with van der Waals surface area (Å²) in [7, 11) is -4.01. The fraction of sp³-hybridized carbons (Fsp3) is 0.161. The number of amides is 1. The Morgan fingerprint density at radius 3 is 2.33 bits per heavy atom. The molecule has 0 aliphatic carbocycles. The predicted molar refractivity (Wildman–Crippen MR) is 155 cm³/mol. The van der Waals surface area contributed by atoms with Crippen molar-refractivity contribution < 1.29 is 17.6 Å². The van der Waals surface area contributed by atoms with Crippen LogP contribution in [0.3, 0.4) is 0 Å². The van der Waals surface area contributed by atoms with Gasteiger partial charge in [0.15, 0.2) is 0 Å². The molecule has 0 aliphatic rings. The Morgan fingerprint density at radius 2 is 1.60 bits per heavy atom. The fourth-order valence-corrected chi connectivity index (χ4v) is 6.33. The van der Waals surface area contributed by atoms with Gasteiger partial charge in [-0.15, -0.1) is 0 Å². The summed E-state index contributed by atoms with van der Waals surface area (Å²) in [5, 5.41) is 8.88. The Morgan fingerprint density at radius 1 is 0.925 bits per heavy atom. The monoisotopic (exact) mass is 556 g/mol. The number of benzene rings is 4. The summed E-state index contributed by atoms with van der Waals surface area (Å²) in [6, 6.07) is 29.3. The van der Waals surface area contributed by atoms with Crippen LogP contribution in [0.1, 0.15) is 13.8 Å². The molecule has 40 heavy (non-hydrogen) atoms. The molecule has 0 saturated carbocycles. The van der Waals surface area contributed by atoms with E-state index in [2.05, 4.69) is 10.4 Å². The van der Waals surface area contributed by atoms with E-state index in [-0.39, 0.29) is 23.9 Å². The first kappa shape index (κ1) is 27.2. The van der Waals surface area contributed by atoms with Gasteiger partial charge < -0.3 is 5.32 Å². The summed E-state index contributed by atoms with van der Waals surface area (Å²) >= 11 is 0. The molecule has 204 valence electrons. The van der Waals surface area contributed by atoms with Crippen molar-refractivity contribution in [2.75, 3.05) is 18.4 Å². The average molecular weight is 557 g/mol. The molecule has 4 aromatic carbocycles. The minimum Gasteiger partial charge on any atom is -0.309 e. The highest BCUT2D eigenvalue weighted by molar-refractivity contribution is 7.89. The van der Waals surface area contributed by atoms with Crippen LogP contribution in [0.25, 0.3) is 27.7 Å². The second-order valence-corrected chi connectivity index (χ2v) is 11.8. The summed E-state index contributed by atoms with van der Waals surface area (Å²) < 4.78 is 44.1. The van der Waals surface area contributed by atoms with Crippen molar-refractivity contribution in [1.29, 1.82) is 0 Å². The Balaban J connectivity index is 1.48. The molecule has 0 spiro atoms. The number of nitrogens with zero attached hydrogens (tertiary/aromatic N) is 3. The first-order valence-corrected chi connectivity index (χ1v) is 14.4. The van der Waals surface area contributed by atoms with Crippen molar-refractivity contribution in [2.45, 2.75) is 18.7 Å². The van der Waals surface area contributed by atoms with Crippen molar-refractivity contribution in [2.24, 2.45) is 5.92 Å². The number of hydrogen-bond donors (Lipinski definition) is 1. The van der Waals surface area contributed by atoms with Gasteiger partial charge in [-0.2, -0.15) is 9.40 Å². The van der Waals surface area contributed by atoms with Crippen LogP contribution >= 0.6 is 0 Å². The SMILES string of the molecule is CC(C)CN(CC(=O)Nc1cc(-c2ccccc2)nn1-c1ccc(F)cc1)S(=O)(=O)c1cccc2ccccc12. The second kappa shape index (κ2) is 11.4. The van der Waals surface area contributed by atoms with Crippen molar-refractivity contribution >= 4 is 32.5 Å². The topological polar surface area (TPSA) is 84.3 Å².